The summed E-state index contributed by atoms with van der Waals surface area (Å²) in [6.07, 6.45) is 3.52. The van der Waals surface area contributed by atoms with Crippen molar-refractivity contribution in [1.82, 2.24) is 14.9 Å². The van der Waals surface area contributed by atoms with E-state index in [-0.39, 0.29) is 17.5 Å². The molecule has 1 atom stereocenters. The third-order valence-corrected chi connectivity index (χ3v) is 3.13. The van der Waals surface area contributed by atoms with Crippen LogP contribution in [-0.2, 0) is 4.79 Å². The molecule has 0 fully saturated rings. The Bertz CT molecular complexity index is 622. The van der Waals surface area contributed by atoms with Crippen LogP contribution in [-0.4, -0.2) is 21.0 Å². The molecule has 1 amide bonds. The SMILES string of the molecule is CC(C(=O)NC(C)(C)C)n1ccnc1-c1ccc(N)cc1. The third-order valence-electron chi connectivity index (χ3n) is 3.13. The summed E-state index contributed by atoms with van der Waals surface area (Å²) in [5, 5.41) is 2.99. The standard InChI is InChI=1S/C16H22N4O/c1-11(15(21)19-16(2,3)4)20-10-9-18-14(20)12-5-7-13(17)8-6-12/h5-11H,17H2,1-4H3,(H,19,21). The number of nitrogens with one attached hydrogen (secondary N) is 1. The zero-order valence-electron chi connectivity index (χ0n) is 12.9. The van der Waals surface area contributed by atoms with Gasteiger partial charge in [0.2, 0.25) is 5.91 Å². The van der Waals surface area contributed by atoms with Crippen LogP contribution in [0.15, 0.2) is 36.7 Å². The lowest BCUT2D eigenvalue weighted by molar-refractivity contribution is -0.125. The summed E-state index contributed by atoms with van der Waals surface area (Å²) in [5.74, 6) is 0.726. The Kier molecular flexibility index (Phi) is 4.02. The quantitative estimate of drug-likeness (QED) is 0.852. The second-order valence-electron chi connectivity index (χ2n) is 6.20. The number of carbonyl (C=O) groups is 1. The largest absolute Gasteiger partial charge is 0.399 e. The minimum Gasteiger partial charge on any atom is -0.399 e. The first kappa shape index (κ1) is 15.1. The first-order valence-corrected chi connectivity index (χ1v) is 6.99. The number of anilines is 1. The fraction of sp³-hybridized carbons (Fsp3) is 0.375. The maximum Gasteiger partial charge on any atom is 0.243 e. The topological polar surface area (TPSA) is 72.9 Å². The van der Waals surface area contributed by atoms with Crippen LogP contribution in [0.3, 0.4) is 0 Å². The molecule has 2 rings (SSSR count). The smallest absolute Gasteiger partial charge is 0.243 e. The number of nitrogen functional groups attached to an aromatic ring is 1. The van der Waals surface area contributed by atoms with Gasteiger partial charge in [0, 0.05) is 29.2 Å². The van der Waals surface area contributed by atoms with E-state index in [1.807, 2.05) is 62.7 Å². The summed E-state index contributed by atoms with van der Waals surface area (Å²) in [6.45, 7) is 7.76. The van der Waals surface area contributed by atoms with Crippen LogP contribution in [0.25, 0.3) is 11.4 Å². The number of hydrogen-bond donors (Lipinski definition) is 2. The van der Waals surface area contributed by atoms with Crippen molar-refractivity contribution in [3.8, 4) is 11.4 Å². The minimum atomic E-state index is -0.334. The summed E-state index contributed by atoms with van der Waals surface area (Å²) in [4.78, 5) is 16.7. The predicted octanol–water partition coefficient (Wildman–Crippen LogP) is 2.61. The van der Waals surface area contributed by atoms with E-state index in [9.17, 15) is 4.79 Å². The maximum atomic E-state index is 12.3. The summed E-state index contributed by atoms with van der Waals surface area (Å²) >= 11 is 0. The highest BCUT2D eigenvalue weighted by atomic mass is 16.2. The van der Waals surface area contributed by atoms with Gasteiger partial charge in [0.1, 0.15) is 11.9 Å². The number of amides is 1. The molecule has 0 aliphatic rings. The van der Waals surface area contributed by atoms with E-state index in [2.05, 4.69) is 10.3 Å². The van der Waals surface area contributed by atoms with Gasteiger partial charge in [-0.25, -0.2) is 4.98 Å². The average molecular weight is 286 g/mol. The Labute approximate surface area is 125 Å². The number of rotatable bonds is 3. The number of benzene rings is 1. The molecule has 1 aromatic heterocycles. The van der Waals surface area contributed by atoms with Gasteiger partial charge in [-0.1, -0.05) is 0 Å². The van der Waals surface area contributed by atoms with Crippen molar-refractivity contribution >= 4 is 11.6 Å². The van der Waals surface area contributed by atoms with E-state index in [4.69, 9.17) is 5.73 Å². The fourth-order valence-electron chi connectivity index (χ4n) is 2.08. The normalized spacial score (nSPS) is 13.0. The minimum absolute atomic E-state index is 0.0304. The Hall–Kier alpha value is -2.30. The van der Waals surface area contributed by atoms with Gasteiger partial charge in [0.05, 0.1) is 0 Å². The molecule has 0 spiro atoms. The first-order valence-electron chi connectivity index (χ1n) is 6.99. The average Bonchev–Trinajstić information content (AvgIpc) is 2.85. The summed E-state index contributed by atoms with van der Waals surface area (Å²) < 4.78 is 1.87. The van der Waals surface area contributed by atoms with Crippen LogP contribution in [0.4, 0.5) is 5.69 Å². The number of nitrogens with two attached hydrogens (primary N) is 1. The van der Waals surface area contributed by atoms with E-state index < -0.39 is 0 Å². The Morgan fingerprint density at radius 1 is 1.29 bits per heavy atom. The van der Waals surface area contributed by atoms with Crippen LogP contribution in [0.2, 0.25) is 0 Å². The number of aromatic nitrogens is 2. The number of hydrogen-bond acceptors (Lipinski definition) is 3. The molecule has 0 bridgehead atoms. The highest BCUT2D eigenvalue weighted by Gasteiger charge is 2.22. The van der Waals surface area contributed by atoms with E-state index in [0.29, 0.717) is 5.69 Å². The van der Waals surface area contributed by atoms with Gasteiger partial charge < -0.3 is 15.6 Å². The molecular weight excluding hydrogens is 264 g/mol. The van der Waals surface area contributed by atoms with Crippen LogP contribution in [0.5, 0.6) is 0 Å². The van der Waals surface area contributed by atoms with Crippen LogP contribution < -0.4 is 11.1 Å². The van der Waals surface area contributed by atoms with Gasteiger partial charge in [0.15, 0.2) is 0 Å². The number of imidazole rings is 1. The Morgan fingerprint density at radius 2 is 1.90 bits per heavy atom. The van der Waals surface area contributed by atoms with Crippen molar-refractivity contribution in [1.29, 1.82) is 0 Å². The fourth-order valence-corrected chi connectivity index (χ4v) is 2.08. The predicted molar refractivity (Wildman–Crippen MR) is 84.7 cm³/mol. The lowest BCUT2D eigenvalue weighted by atomic mass is 10.1. The molecule has 1 unspecified atom stereocenters. The van der Waals surface area contributed by atoms with Crippen molar-refractivity contribution in [2.45, 2.75) is 39.3 Å². The Balaban J connectivity index is 2.28. The summed E-state index contributed by atoms with van der Waals surface area (Å²) in [5.41, 5.74) is 7.09. The van der Waals surface area contributed by atoms with Crippen LogP contribution in [0.1, 0.15) is 33.7 Å². The van der Waals surface area contributed by atoms with E-state index in [1.54, 1.807) is 6.20 Å². The second kappa shape index (κ2) is 5.60. The van der Waals surface area contributed by atoms with Gasteiger partial charge in [0.25, 0.3) is 0 Å². The molecule has 5 nitrogen and oxygen atoms in total. The van der Waals surface area contributed by atoms with E-state index in [0.717, 1.165) is 11.4 Å². The number of carbonyl (C=O) groups excluding carboxylic acids is 1. The molecule has 0 aliphatic carbocycles. The second-order valence-corrected chi connectivity index (χ2v) is 6.20. The summed E-state index contributed by atoms with van der Waals surface area (Å²) in [6, 6.07) is 7.13. The van der Waals surface area contributed by atoms with E-state index >= 15 is 0 Å². The number of nitrogens with zero attached hydrogens (tertiary/aromatic N) is 2. The zero-order valence-corrected chi connectivity index (χ0v) is 12.9. The molecule has 21 heavy (non-hydrogen) atoms. The zero-order chi connectivity index (χ0) is 15.6. The molecule has 0 radical (unpaired) electrons. The van der Waals surface area contributed by atoms with Crippen LogP contribution >= 0.6 is 0 Å². The van der Waals surface area contributed by atoms with Gasteiger partial charge in [-0.2, -0.15) is 0 Å². The van der Waals surface area contributed by atoms with Crippen molar-refractivity contribution < 1.29 is 4.79 Å². The van der Waals surface area contributed by atoms with Crippen LogP contribution in [0, 0.1) is 0 Å². The molecule has 1 heterocycles. The van der Waals surface area contributed by atoms with E-state index in [1.165, 1.54) is 0 Å². The lowest BCUT2D eigenvalue weighted by Crippen LogP contribution is -2.43. The highest BCUT2D eigenvalue weighted by molar-refractivity contribution is 5.81. The van der Waals surface area contributed by atoms with Crippen molar-refractivity contribution in [2.75, 3.05) is 5.73 Å². The highest BCUT2D eigenvalue weighted by Crippen LogP contribution is 2.22. The molecular formula is C16H22N4O. The monoisotopic (exact) mass is 286 g/mol. The van der Waals surface area contributed by atoms with Crippen molar-refractivity contribution in [3.63, 3.8) is 0 Å². The molecule has 1 aromatic carbocycles. The molecule has 0 aliphatic heterocycles. The van der Waals surface area contributed by atoms with Crippen molar-refractivity contribution in [3.05, 3.63) is 36.7 Å². The van der Waals surface area contributed by atoms with Crippen molar-refractivity contribution in [2.24, 2.45) is 0 Å². The molecule has 112 valence electrons. The maximum absolute atomic E-state index is 12.3. The van der Waals surface area contributed by atoms with Gasteiger partial charge in [-0.05, 0) is 52.0 Å². The van der Waals surface area contributed by atoms with Gasteiger partial charge in [-0.15, -0.1) is 0 Å². The molecule has 2 aromatic rings. The third kappa shape index (κ3) is 3.62. The molecule has 0 saturated carbocycles. The molecule has 0 saturated heterocycles. The Morgan fingerprint density at radius 3 is 2.48 bits per heavy atom. The van der Waals surface area contributed by atoms with Gasteiger partial charge >= 0.3 is 0 Å². The van der Waals surface area contributed by atoms with Gasteiger partial charge in [-0.3, -0.25) is 4.79 Å². The molecule has 3 N–H and O–H groups in total. The molecule has 5 heteroatoms. The lowest BCUT2D eigenvalue weighted by Gasteiger charge is -2.24. The summed E-state index contributed by atoms with van der Waals surface area (Å²) in [7, 11) is 0. The first-order chi connectivity index (χ1) is 9.78.